The zero-order valence-corrected chi connectivity index (χ0v) is 42.5. The number of carbonyl (C=O) groups excluding carboxylic acids is 5. The summed E-state index contributed by atoms with van der Waals surface area (Å²) in [6.45, 7) is 11.6. The normalized spacial score (nSPS) is 20.0. The molecule has 1 aliphatic carbocycles. The fourth-order valence-corrected chi connectivity index (χ4v) is 10.2. The van der Waals surface area contributed by atoms with Gasteiger partial charge in [-0.3, -0.25) is 24.0 Å². The Labute approximate surface area is 410 Å². The molecule has 10 atom stereocenters. The molecule has 16 heteroatoms. The van der Waals surface area contributed by atoms with Crippen LogP contribution in [0.1, 0.15) is 128 Å². The zero-order chi connectivity index (χ0) is 50.6. The van der Waals surface area contributed by atoms with Crippen molar-refractivity contribution in [2.24, 2.45) is 23.7 Å². The van der Waals surface area contributed by atoms with Gasteiger partial charge < -0.3 is 50.8 Å². The van der Waals surface area contributed by atoms with Gasteiger partial charge in [0.05, 0.1) is 43.2 Å². The van der Waals surface area contributed by atoms with Crippen molar-refractivity contribution in [1.29, 1.82) is 0 Å². The van der Waals surface area contributed by atoms with Crippen molar-refractivity contribution in [3.8, 4) is 5.75 Å². The van der Waals surface area contributed by atoms with E-state index in [9.17, 15) is 33.9 Å². The predicted molar refractivity (Wildman–Crippen MR) is 267 cm³/mol. The molecule has 1 saturated carbocycles. The van der Waals surface area contributed by atoms with Gasteiger partial charge >= 0.3 is 5.97 Å². The third-order valence-corrected chi connectivity index (χ3v) is 14.4. The number of anilines is 1. The van der Waals surface area contributed by atoms with E-state index in [0.717, 1.165) is 63.3 Å². The van der Waals surface area contributed by atoms with Crippen LogP contribution in [-0.4, -0.2) is 134 Å². The van der Waals surface area contributed by atoms with E-state index in [2.05, 4.69) is 16.0 Å². The molecule has 1 aliphatic heterocycles. The summed E-state index contributed by atoms with van der Waals surface area (Å²) in [5.41, 5.74) is 7.52. The number of benzene rings is 2. The van der Waals surface area contributed by atoms with Gasteiger partial charge in [0.15, 0.2) is 6.29 Å². The Morgan fingerprint density at radius 1 is 0.942 bits per heavy atom. The molecule has 6 N–H and O–H groups in total. The van der Waals surface area contributed by atoms with Crippen LogP contribution in [0, 0.1) is 23.7 Å². The van der Waals surface area contributed by atoms with Crippen molar-refractivity contribution >= 4 is 41.6 Å². The van der Waals surface area contributed by atoms with Crippen molar-refractivity contribution in [3.05, 3.63) is 59.7 Å². The lowest BCUT2D eigenvalue weighted by molar-refractivity contribution is -0.148. The van der Waals surface area contributed by atoms with E-state index < -0.39 is 54.2 Å². The molecule has 2 aromatic rings. The third-order valence-electron chi connectivity index (χ3n) is 14.4. The van der Waals surface area contributed by atoms with E-state index in [1.165, 1.54) is 7.11 Å². The number of carboxylic acids is 1. The maximum Gasteiger partial charge on any atom is 0.326 e. The van der Waals surface area contributed by atoms with Crippen molar-refractivity contribution in [2.45, 2.75) is 161 Å². The number of ether oxygens (including phenoxy) is 3. The Hall–Kier alpha value is -5.06. The van der Waals surface area contributed by atoms with E-state index in [4.69, 9.17) is 19.9 Å². The number of aldehydes is 1. The summed E-state index contributed by atoms with van der Waals surface area (Å²) in [6.07, 6.45) is 8.76. The molecule has 1 saturated heterocycles. The molecule has 384 valence electrons. The molecule has 0 spiro atoms. The smallest absolute Gasteiger partial charge is 0.326 e. The van der Waals surface area contributed by atoms with E-state index >= 15 is 0 Å². The first-order valence-electron chi connectivity index (χ1n) is 25.2. The highest BCUT2D eigenvalue weighted by Crippen LogP contribution is 2.31. The Morgan fingerprint density at radius 3 is 2.30 bits per heavy atom. The number of likely N-dealkylation sites (tertiary alicyclic amines) is 1. The number of carbonyl (C=O) groups is 6. The number of hydrogen-bond donors (Lipinski definition) is 5. The molecule has 0 aromatic heterocycles. The molecule has 69 heavy (non-hydrogen) atoms. The van der Waals surface area contributed by atoms with Crippen LogP contribution in [-0.2, 0) is 39.9 Å². The van der Waals surface area contributed by atoms with Crippen LogP contribution in [0.5, 0.6) is 5.75 Å². The van der Waals surface area contributed by atoms with Crippen molar-refractivity contribution in [3.63, 3.8) is 0 Å². The van der Waals surface area contributed by atoms with Gasteiger partial charge in [-0.15, -0.1) is 0 Å². The van der Waals surface area contributed by atoms with E-state index in [-0.39, 0.29) is 48.3 Å². The van der Waals surface area contributed by atoms with Crippen LogP contribution in [0.15, 0.2) is 48.5 Å². The molecule has 2 aliphatic rings. The molecule has 2 aromatic carbocycles. The standard InChI is InChI=1S/C53H82N6O10/c1-9-35(4)49(45(67-7)32-47(62)59-26-17-20-44(59)50(68-8)36(5)51(63)56-43(53(65)66)29-37-18-13-12-14-19-37)58(6)52(64)48(34(2)3)57-46(61)30-38-21-23-40(28-38)55-25-15-10-11-16-27-69-41-24-22-39(33-60)42(54)31-41/h12-14,18-19,22,24,31,33-36,38,40,43-45,48-50,55H,9-11,15-17,20-21,23,25-30,32,54H2,1-8H3,(H,56,63)(H,57,61)(H,65,66)/t35-,36+,38?,40-,43-,44-,45+,48-,49-,50+/m0/s1. The second-order valence-electron chi connectivity index (χ2n) is 19.7. The number of nitrogen functional groups attached to an aromatic ring is 1. The topological polar surface area (TPSA) is 219 Å². The largest absolute Gasteiger partial charge is 0.494 e. The highest BCUT2D eigenvalue weighted by molar-refractivity contribution is 5.88. The first kappa shape index (κ1) is 56.5. The second kappa shape index (κ2) is 28.6. The number of likely N-dealkylation sites (N-methyl/N-ethyl adjacent to an activating group) is 1. The Kier molecular flexibility index (Phi) is 23.4. The van der Waals surface area contributed by atoms with Crippen LogP contribution >= 0.6 is 0 Å². The first-order chi connectivity index (χ1) is 33.0. The summed E-state index contributed by atoms with van der Waals surface area (Å²) in [5.74, 6) is -2.31. The summed E-state index contributed by atoms with van der Waals surface area (Å²) in [6, 6.07) is 11.7. The fourth-order valence-electron chi connectivity index (χ4n) is 10.2. The number of amides is 4. The van der Waals surface area contributed by atoms with Gasteiger partial charge in [-0.05, 0) is 86.9 Å². The molecule has 0 radical (unpaired) electrons. The molecule has 4 amide bonds. The molecule has 1 unspecified atom stereocenters. The predicted octanol–water partition coefficient (Wildman–Crippen LogP) is 6.04. The van der Waals surface area contributed by atoms with Gasteiger partial charge in [0.2, 0.25) is 23.6 Å². The van der Waals surface area contributed by atoms with Crippen LogP contribution in [0.25, 0.3) is 0 Å². The fraction of sp³-hybridized carbons (Fsp3) is 0.660. The average molecular weight is 963 g/mol. The maximum absolute atomic E-state index is 14.4. The lowest BCUT2D eigenvalue weighted by Crippen LogP contribution is -2.58. The number of aliphatic carboxylic acids is 1. The summed E-state index contributed by atoms with van der Waals surface area (Å²) >= 11 is 0. The highest BCUT2D eigenvalue weighted by atomic mass is 16.5. The number of carboxylic acid groups (broad SMARTS) is 1. The van der Waals surface area contributed by atoms with E-state index in [1.807, 2.05) is 58.0 Å². The Bertz CT molecular complexity index is 1950. The SMILES string of the molecule is CC[C@H](C)[C@@H]([C@@H](CC(=O)N1CCC[C@H]1[C@H](OC)[C@@H](C)C(=O)N[C@@H](Cc1ccccc1)C(=O)O)OC)N(C)C(=O)[C@@H](NC(=O)CC1CC[C@H](NCCCCCCOc2ccc(C=O)c(N)c2)C1)C(C)C. The van der Waals surface area contributed by atoms with Crippen molar-refractivity contribution in [2.75, 3.05) is 46.7 Å². The Morgan fingerprint density at radius 2 is 1.67 bits per heavy atom. The summed E-state index contributed by atoms with van der Waals surface area (Å²) < 4.78 is 17.7. The average Bonchev–Trinajstić information content (AvgIpc) is 4.01. The molecular formula is C53H82N6O10. The molecule has 16 nitrogen and oxygen atoms in total. The summed E-state index contributed by atoms with van der Waals surface area (Å²) in [5, 5.41) is 19.4. The van der Waals surface area contributed by atoms with Gasteiger partial charge in [-0.2, -0.15) is 0 Å². The lowest BCUT2D eigenvalue weighted by atomic mass is 9.89. The molecule has 2 fully saturated rings. The van der Waals surface area contributed by atoms with Gasteiger partial charge in [-0.1, -0.05) is 84.2 Å². The van der Waals surface area contributed by atoms with Crippen LogP contribution < -0.4 is 26.4 Å². The monoisotopic (exact) mass is 963 g/mol. The quantitative estimate of drug-likeness (QED) is 0.0344. The molecular weight excluding hydrogens is 881 g/mol. The van der Waals surface area contributed by atoms with Crippen LogP contribution in [0.2, 0.25) is 0 Å². The number of methoxy groups -OCH3 is 2. The van der Waals surface area contributed by atoms with Crippen LogP contribution in [0.4, 0.5) is 5.69 Å². The lowest BCUT2D eigenvalue weighted by Gasteiger charge is -2.41. The summed E-state index contributed by atoms with van der Waals surface area (Å²) in [7, 11) is 4.78. The third kappa shape index (κ3) is 16.8. The number of nitrogens with zero attached hydrogens (tertiary/aromatic N) is 2. The number of nitrogens with two attached hydrogens (primary N) is 1. The molecule has 1 heterocycles. The van der Waals surface area contributed by atoms with Gasteiger partial charge in [0, 0.05) is 64.0 Å². The van der Waals surface area contributed by atoms with Gasteiger partial charge in [0.25, 0.3) is 0 Å². The minimum Gasteiger partial charge on any atom is -0.494 e. The van der Waals surface area contributed by atoms with E-state index in [1.54, 1.807) is 49.1 Å². The number of unbranched alkanes of at least 4 members (excludes halogenated alkanes) is 3. The molecule has 4 rings (SSSR count). The minimum absolute atomic E-state index is 0.0179. The summed E-state index contributed by atoms with van der Waals surface area (Å²) in [4.78, 5) is 82.5. The Balaban J connectivity index is 1.27. The number of rotatable bonds is 30. The highest BCUT2D eigenvalue weighted by Gasteiger charge is 2.43. The second-order valence-corrected chi connectivity index (χ2v) is 19.7. The number of nitrogens with one attached hydrogen (secondary N) is 3. The zero-order valence-electron chi connectivity index (χ0n) is 42.5. The number of hydrogen-bond acceptors (Lipinski definition) is 11. The van der Waals surface area contributed by atoms with Crippen LogP contribution in [0.3, 0.4) is 0 Å². The van der Waals surface area contributed by atoms with Crippen molar-refractivity contribution in [1.82, 2.24) is 25.8 Å². The molecule has 0 bridgehead atoms. The van der Waals surface area contributed by atoms with E-state index in [0.29, 0.717) is 61.9 Å². The maximum atomic E-state index is 14.4. The minimum atomic E-state index is -1.14. The van der Waals surface area contributed by atoms with Gasteiger partial charge in [-0.25, -0.2) is 4.79 Å². The van der Waals surface area contributed by atoms with Crippen molar-refractivity contribution < 1.29 is 48.1 Å². The first-order valence-corrected chi connectivity index (χ1v) is 25.2. The van der Waals surface area contributed by atoms with Gasteiger partial charge in [0.1, 0.15) is 17.8 Å².